The highest BCUT2D eigenvalue weighted by Gasteiger charge is 2.43. The minimum absolute atomic E-state index is 0.0687. The number of H-pyrrole nitrogens is 1. The smallest absolute Gasteiger partial charge is 0.271 e. The van der Waals surface area contributed by atoms with Crippen molar-refractivity contribution < 1.29 is 14.3 Å². The number of aromatic nitrogens is 2. The standard InChI is InChI=1S/C18H28N4O3/c1-14-19-11-16(20-14)17(23)22-4-2-18(3-5-22)10-15(25-13-18)12-21-6-8-24-9-7-21/h11,15H,2-10,12-13H2,1H3,(H,19,20)/t15-/m0/s1. The van der Waals surface area contributed by atoms with Gasteiger partial charge in [0.1, 0.15) is 11.5 Å². The van der Waals surface area contributed by atoms with Crippen LogP contribution in [-0.4, -0.2) is 84.3 Å². The van der Waals surface area contributed by atoms with Crippen molar-refractivity contribution in [1.82, 2.24) is 19.8 Å². The quantitative estimate of drug-likeness (QED) is 0.884. The average molecular weight is 348 g/mol. The number of hydrogen-bond acceptors (Lipinski definition) is 5. The van der Waals surface area contributed by atoms with Crippen LogP contribution in [0, 0.1) is 12.3 Å². The molecule has 1 atom stereocenters. The van der Waals surface area contributed by atoms with Crippen LogP contribution in [0.1, 0.15) is 35.6 Å². The maximum Gasteiger partial charge on any atom is 0.271 e. The zero-order chi connectivity index (χ0) is 17.3. The number of carbonyl (C=O) groups is 1. The summed E-state index contributed by atoms with van der Waals surface area (Å²) in [5, 5.41) is 0. The van der Waals surface area contributed by atoms with Crippen molar-refractivity contribution in [1.29, 1.82) is 0 Å². The van der Waals surface area contributed by atoms with Gasteiger partial charge in [-0.05, 0) is 31.6 Å². The summed E-state index contributed by atoms with van der Waals surface area (Å²) in [6.07, 6.45) is 5.15. The Hall–Kier alpha value is -1.44. The van der Waals surface area contributed by atoms with Crippen LogP contribution in [-0.2, 0) is 9.47 Å². The number of nitrogens with one attached hydrogen (secondary N) is 1. The van der Waals surface area contributed by atoms with Gasteiger partial charge in [0.15, 0.2) is 0 Å². The van der Waals surface area contributed by atoms with E-state index < -0.39 is 0 Å². The number of imidazole rings is 1. The van der Waals surface area contributed by atoms with E-state index in [9.17, 15) is 4.79 Å². The number of aryl methyl sites for hydroxylation is 1. The third kappa shape index (κ3) is 3.73. The number of carbonyl (C=O) groups excluding carboxylic acids is 1. The van der Waals surface area contributed by atoms with Crippen molar-refractivity contribution in [2.75, 3.05) is 52.5 Å². The van der Waals surface area contributed by atoms with Crippen molar-refractivity contribution >= 4 is 5.91 Å². The predicted octanol–water partition coefficient (Wildman–Crippen LogP) is 1.06. The van der Waals surface area contributed by atoms with Crippen molar-refractivity contribution in [3.8, 4) is 0 Å². The highest BCUT2D eigenvalue weighted by molar-refractivity contribution is 5.92. The molecule has 25 heavy (non-hydrogen) atoms. The molecule has 1 amide bonds. The van der Waals surface area contributed by atoms with Crippen LogP contribution in [0.2, 0.25) is 0 Å². The summed E-state index contributed by atoms with van der Waals surface area (Å²) < 4.78 is 11.5. The summed E-state index contributed by atoms with van der Waals surface area (Å²) in [6.45, 7) is 9.04. The fraction of sp³-hybridized carbons (Fsp3) is 0.778. The molecule has 0 saturated carbocycles. The average Bonchev–Trinajstić information content (AvgIpc) is 3.23. The van der Waals surface area contributed by atoms with Crippen LogP contribution in [0.3, 0.4) is 0 Å². The number of hydrogen-bond donors (Lipinski definition) is 1. The fourth-order valence-corrected chi connectivity index (χ4v) is 4.32. The summed E-state index contributed by atoms with van der Waals surface area (Å²) in [4.78, 5) is 24.1. The molecular formula is C18H28N4O3. The Balaban J connectivity index is 1.28. The Kier molecular flexibility index (Phi) is 4.80. The molecule has 0 aromatic carbocycles. The number of piperidine rings is 1. The second-order valence-electron chi connectivity index (χ2n) is 7.72. The first-order valence-corrected chi connectivity index (χ1v) is 9.36. The molecule has 0 bridgehead atoms. The highest BCUT2D eigenvalue weighted by atomic mass is 16.5. The van der Waals surface area contributed by atoms with Crippen molar-refractivity contribution in [2.45, 2.75) is 32.3 Å². The van der Waals surface area contributed by atoms with E-state index in [2.05, 4.69) is 14.9 Å². The zero-order valence-corrected chi connectivity index (χ0v) is 15.0. The molecular weight excluding hydrogens is 320 g/mol. The fourth-order valence-electron chi connectivity index (χ4n) is 4.32. The first-order chi connectivity index (χ1) is 12.1. The predicted molar refractivity (Wildman–Crippen MR) is 92.5 cm³/mol. The van der Waals surface area contributed by atoms with Crippen LogP contribution >= 0.6 is 0 Å². The van der Waals surface area contributed by atoms with Crippen LogP contribution < -0.4 is 0 Å². The molecule has 0 radical (unpaired) electrons. The summed E-state index contributed by atoms with van der Waals surface area (Å²) in [6, 6.07) is 0. The summed E-state index contributed by atoms with van der Waals surface area (Å²) in [7, 11) is 0. The van der Waals surface area contributed by atoms with Crippen LogP contribution in [0.5, 0.6) is 0 Å². The second-order valence-corrected chi connectivity index (χ2v) is 7.72. The summed E-state index contributed by atoms with van der Waals surface area (Å²) >= 11 is 0. The first-order valence-electron chi connectivity index (χ1n) is 9.36. The third-order valence-electron chi connectivity index (χ3n) is 5.90. The summed E-state index contributed by atoms with van der Waals surface area (Å²) in [5.74, 6) is 0.853. The van der Waals surface area contributed by atoms with Gasteiger partial charge in [-0.1, -0.05) is 0 Å². The SMILES string of the molecule is Cc1ncc(C(=O)N2CCC3(CC2)CO[C@H](CN2CCOCC2)C3)[nH]1. The lowest BCUT2D eigenvalue weighted by Gasteiger charge is -2.38. The Bertz CT molecular complexity index is 603. The van der Waals surface area contributed by atoms with E-state index >= 15 is 0 Å². The normalized spacial score (nSPS) is 27.1. The van der Waals surface area contributed by atoms with Crippen LogP contribution in [0.25, 0.3) is 0 Å². The topological polar surface area (TPSA) is 70.7 Å². The lowest BCUT2D eigenvalue weighted by atomic mass is 9.76. The van der Waals surface area contributed by atoms with Gasteiger partial charge in [-0.25, -0.2) is 4.98 Å². The van der Waals surface area contributed by atoms with Crippen LogP contribution in [0.4, 0.5) is 0 Å². The van der Waals surface area contributed by atoms with E-state index in [1.165, 1.54) is 0 Å². The number of likely N-dealkylation sites (tertiary alicyclic amines) is 1. The van der Waals surface area contributed by atoms with Crippen LogP contribution in [0.15, 0.2) is 6.20 Å². The van der Waals surface area contributed by atoms with Crippen molar-refractivity contribution in [3.05, 3.63) is 17.7 Å². The number of rotatable bonds is 3. The molecule has 4 rings (SSSR count). The van der Waals surface area contributed by atoms with E-state index in [0.29, 0.717) is 11.8 Å². The zero-order valence-electron chi connectivity index (χ0n) is 15.0. The van der Waals surface area contributed by atoms with Crippen molar-refractivity contribution in [2.24, 2.45) is 5.41 Å². The van der Waals surface area contributed by atoms with Gasteiger partial charge < -0.3 is 19.4 Å². The lowest BCUT2D eigenvalue weighted by Crippen LogP contribution is -2.44. The molecule has 0 unspecified atom stereocenters. The molecule has 0 aliphatic carbocycles. The van der Waals surface area contributed by atoms with E-state index in [4.69, 9.17) is 9.47 Å². The third-order valence-corrected chi connectivity index (χ3v) is 5.90. The lowest BCUT2D eigenvalue weighted by molar-refractivity contribution is 0.00524. The minimum Gasteiger partial charge on any atom is -0.379 e. The van der Waals surface area contributed by atoms with E-state index in [0.717, 1.165) is 77.6 Å². The molecule has 1 aromatic heterocycles. The Morgan fingerprint density at radius 1 is 1.32 bits per heavy atom. The molecule has 138 valence electrons. The maximum atomic E-state index is 12.5. The Morgan fingerprint density at radius 3 is 2.76 bits per heavy atom. The molecule has 4 heterocycles. The number of morpholine rings is 1. The Morgan fingerprint density at radius 2 is 2.08 bits per heavy atom. The largest absolute Gasteiger partial charge is 0.379 e. The second kappa shape index (κ2) is 7.05. The monoisotopic (exact) mass is 348 g/mol. The number of aromatic amines is 1. The minimum atomic E-state index is 0.0687. The summed E-state index contributed by atoms with van der Waals surface area (Å²) in [5.41, 5.74) is 0.860. The number of amides is 1. The molecule has 7 nitrogen and oxygen atoms in total. The molecule has 3 fully saturated rings. The van der Waals surface area contributed by atoms with E-state index in [1.54, 1.807) is 6.20 Å². The molecule has 1 spiro atoms. The van der Waals surface area contributed by atoms with Gasteiger partial charge in [-0.3, -0.25) is 9.69 Å². The van der Waals surface area contributed by atoms with Gasteiger partial charge in [0, 0.05) is 32.7 Å². The maximum absolute atomic E-state index is 12.5. The number of nitrogens with zero attached hydrogens (tertiary/aromatic N) is 3. The van der Waals surface area contributed by atoms with Crippen molar-refractivity contribution in [3.63, 3.8) is 0 Å². The van der Waals surface area contributed by atoms with Gasteiger partial charge in [0.2, 0.25) is 0 Å². The van der Waals surface area contributed by atoms with Gasteiger partial charge in [-0.2, -0.15) is 0 Å². The van der Waals surface area contributed by atoms with Gasteiger partial charge in [0.05, 0.1) is 32.1 Å². The van der Waals surface area contributed by atoms with E-state index in [-0.39, 0.29) is 11.3 Å². The molecule has 3 aliphatic heterocycles. The molecule has 7 heteroatoms. The molecule has 1 aromatic rings. The molecule has 3 saturated heterocycles. The van der Waals surface area contributed by atoms with E-state index in [1.807, 2.05) is 11.8 Å². The highest BCUT2D eigenvalue weighted by Crippen LogP contribution is 2.42. The van der Waals surface area contributed by atoms with Gasteiger partial charge in [0.25, 0.3) is 5.91 Å². The number of ether oxygens (including phenoxy) is 2. The Labute approximate surface area is 148 Å². The van der Waals surface area contributed by atoms with Gasteiger partial charge >= 0.3 is 0 Å². The molecule has 1 N–H and O–H groups in total. The molecule has 3 aliphatic rings. The van der Waals surface area contributed by atoms with Gasteiger partial charge in [-0.15, -0.1) is 0 Å². The first kappa shape index (κ1) is 17.0.